The van der Waals surface area contributed by atoms with Gasteiger partial charge in [0, 0.05) is 13.1 Å². The summed E-state index contributed by atoms with van der Waals surface area (Å²) in [5, 5.41) is 14.0. The van der Waals surface area contributed by atoms with E-state index in [1.807, 2.05) is 12.1 Å². The molecular weight excluding hydrogens is 566 g/mol. The number of ether oxygens (including phenoxy) is 1. The molecule has 0 saturated heterocycles. The lowest BCUT2D eigenvalue weighted by molar-refractivity contribution is -0.143. The Kier molecular flexibility index (Phi) is 7.60. The predicted octanol–water partition coefficient (Wildman–Crippen LogP) is 7.01. The number of H-pyrrole nitrogens is 1. The molecule has 2 heterocycles. The summed E-state index contributed by atoms with van der Waals surface area (Å²) in [6.45, 7) is 5.21. The molecule has 226 valence electrons. The number of anilines is 2. The standard InChI is InChI=1S/C28H30F6N6O2/c1-26(2,3)42-25(41)39-9-5-8-22(21-12-17-6-4-7-18(17)13-23(21)39)40(24-35-37-38-36-24)15-16-10-19(27(29,30)31)14-20(11-16)28(32,33)34/h10-14,22H,4-9,15H2,1-3H3,(H,35,36,37,38). The van der Waals surface area contributed by atoms with Crippen LogP contribution in [0.5, 0.6) is 0 Å². The average Bonchev–Trinajstić information content (AvgIpc) is 3.53. The number of fused-ring (bicyclic) bond motifs is 2. The fraction of sp³-hybridized carbons (Fsp3) is 0.500. The quantitative estimate of drug-likeness (QED) is 0.326. The number of aryl methyl sites for hydroxylation is 2. The van der Waals surface area contributed by atoms with Crippen LogP contribution in [0.1, 0.15) is 79.5 Å². The SMILES string of the molecule is CC(C)(C)OC(=O)N1CCCC(N(Cc2cc(C(F)(F)F)cc(C(F)(F)F)c2)c2nn[nH]n2)c2cc3c(cc21)CCC3. The van der Waals surface area contributed by atoms with Crippen LogP contribution in [0.25, 0.3) is 0 Å². The van der Waals surface area contributed by atoms with E-state index < -0.39 is 41.2 Å². The van der Waals surface area contributed by atoms with Gasteiger partial charge >= 0.3 is 18.4 Å². The summed E-state index contributed by atoms with van der Waals surface area (Å²) in [5.74, 6) is 0.00290. The van der Waals surface area contributed by atoms with Crippen LogP contribution >= 0.6 is 0 Å². The van der Waals surface area contributed by atoms with Gasteiger partial charge in [0.25, 0.3) is 5.95 Å². The van der Waals surface area contributed by atoms with E-state index >= 15 is 0 Å². The maximum Gasteiger partial charge on any atom is 0.416 e. The second-order valence-corrected chi connectivity index (χ2v) is 11.6. The number of alkyl halides is 6. The van der Waals surface area contributed by atoms with Gasteiger partial charge in [-0.2, -0.15) is 31.6 Å². The Labute approximate surface area is 238 Å². The zero-order valence-electron chi connectivity index (χ0n) is 23.2. The van der Waals surface area contributed by atoms with E-state index in [0.29, 0.717) is 42.8 Å². The molecule has 1 amide bonds. The third kappa shape index (κ3) is 6.31. The molecule has 8 nitrogen and oxygen atoms in total. The highest BCUT2D eigenvalue weighted by molar-refractivity contribution is 5.90. The number of aromatic nitrogens is 4. The lowest BCUT2D eigenvalue weighted by Crippen LogP contribution is -2.37. The van der Waals surface area contributed by atoms with Gasteiger partial charge in [0.05, 0.1) is 22.9 Å². The van der Waals surface area contributed by atoms with Crippen molar-refractivity contribution in [2.75, 3.05) is 16.3 Å². The molecule has 0 saturated carbocycles. The fourth-order valence-corrected chi connectivity index (χ4v) is 5.59. The van der Waals surface area contributed by atoms with Gasteiger partial charge in [-0.15, -0.1) is 5.10 Å². The van der Waals surface area contributed by atoms with Crippen LogP contribution < -0.4 is 9.80 Å². The zero-order valence-corrected chi connectivity index (χ0v) is 23.2. The summed E-state index contributed by atoms with van der Waals surface area (Å²) in [5.41, 5.74) is -0.356. The number of carbonyl (C=O) groups is 1. The Bertz CT molecular complexity index is 1420. The van der Waals surface area contributed by atoms with Crippen molar-refractivity contribution in [1.82, 2.24) is 20.6 Å². The van der Waals surface area contributed by atoms with Gasteiger partial charge in [-0.25, -0.2) is 4.79 Å². The highest BCUT2D eigenvalue weighted by Crippen LogP contribution is 2.43. The van der Waals surface area contributed by atoms with Crippen molar-refractivity contribution in [3.63, 3.8) is 0 Å². The highest BCUT2D eigenvalue weighted by atomic mass is 19.4. The maximum absolute atomic E-state index is 13.6. The van der Waals surface area contributed by atoms with Gasteiger partial charge in [-0.1, -0.05) is 11.2 Å². The van der Waals surface area contributed by atoms with Crippen molar-refractivity contribution in [3.8, 4) is 0 Å². The molecule has 1 unspecified atom stereocenters. The minimum atomic E-state index is -4.99. The van der Waals surface area contributed by atoms with Crippen LogP contribution in [0.15, 0.2) is 30.3 Å². The first-order chi connectivity index (χ1) is 19.6. The van der Waals surface area contributed by atoms with Crippen molar-refractivity contribution in [3.05, 3.63) is 63.7 Å². The van der Waals surface area contributed by atoms with E-state index in [2.05, 4.69) is 20.6 Å². The first-order valence-electron chi connectivity index (χ1n) is 13.5. The number of nitrogens with zero attached hydrogens (tertiary/aromatic N) is 5. The first-order valence-corrected chi connectivity index (χ1v) is 13.5. The van der Waals surface area contributed by atoms with Crippen LogP contribution in [0, 0.1) is 0 Å². The fourth-order valence-electron chi connectivity index (χ4n) is 5.59. The number of hydrogen-bond acceptors (Lipinski definition) is 6. The molecule has 1 aliphatic carbocycles. The molecule has 0 spiro atoms. The number of hydrogen-bond donors (Lipinski definition) is 1. The van der Waals surface area contributed by atoms with Crippen molar-refractivity contribution in [2.45, 2.75) is 83.4 Å². The monoisotopic (exact) mass is 596 g/mol. The average molecular weight is 597 g/mol. The van der Waals surface area contributed by atoms with E-state index in [0.717, 1.165) is 30.4 Å². The molecular formula is C28H30F6N6O2. The van der Waals surface area contributed by atoms with Gasteiger partial charge in [0.15, 0.2) is 0 Å². The topological polar surface area (TPSA) is 87.2 Å². The van der Waals surface area contributed by atoms with Gasteiger partial charge in [-0.05, 0) is 105 Å². The summed E-state index contributed by atoms with van der Waals surface area (Å²) in [4.78, 5) is 16.4. The van der Waals surface area contributed by atoms with Gasteiger partial charge in [0.1, 0.15) is 5.60 Å². The molecule has 0 fully saturated rings. The third-order valence-electron chi connectivity index (χ3n) is 7.33. The number of tetrazole rings is 1. The Hall–Kier alpha value is -3.84. The number of amides is 1. The Balaban J connectivity index is 1.62. The normalized spacial score (nSPS) is 17.5. The van der Waals surface area contributed by atoms with Crippen molar-refractivity contribution in [1.29, 1.82) is 0 Å². The Morgan fingerprint density at radius 3 is 2.19 bits per heavy atom. The molecule has 2 aliphatic rings. The summed E-state index contributed by atoms with van der Waals surface area (Å²) in [6, 6.07) is 4.84. The van der Waals surface area contributed by atoms with Crippen LogP contribution in [-0.2, 0) is 36.5 Å². The third-order valence-corrected chi connectivity index (χ3v) is 7.33. The molecule has 2 aromatic carbocycles. The number of aromatic amines is 1. The molecule has 1 aliphatic heterocycles. The minimum Gasteiger partial charge on any atom is -0.443 e. The second kappa shape index (κ2) is 10.8. The summed E-state index contributed by atoms with van der Waals surface area (Å²) < 4.78 is 87.6. The molecule has 14 heteroatoms. The van der Waals surface area contributed by atoms with E-state index in [-0.39, 0.29) is 24.1 Å². The Morgan fingerprint density at radius 2 is 1.62 bits per heavy atom. The van der Waals surface area contributed by atoms with Crippen LogP contribution in [0.2, 0.25) is 0 Å². The smallest absolute Gasteiger partial charge is 0.416 e. The summed E-state index contributed by atoms with van der Waals surface area (Å²) >= 11 is 0. The molecule has 0 radical (unpaired) electrons. The first kappa shape index (κ1) is 29.6. The lowest BCUT2D eigenvalue weighted by atomic mass is 9.95. The van der Waals surface area contributed by atoms with Crippen LogP contribution in [0.3, 0.4) is 0 Å². The molecule has 42 heavy (non-hydrogen) atoms. The summed E-state index contributed by atoms with van der Waals surface area (Å²) in [6.07, 6.45) is -7.08. The number of halogens is 6. The molecule has 1 atom stereocenters. The van der Waals surface area contributed by atoms with E-state index in [4.69, 9.17) is 4.74 Å². The maximum atomic E-state index is 13.6. The highest BCUT2D eigenvalue weighted by Gasteiger charge is 2.39. The number of nitrogens with one attached hydrogen (secondary N) is 1. The molecule has 1 aromatic heterocycles. The molecule has 0 bridgehead atoms. The Morgan fingerprint density at radius 1 is 0.976 bits per heavy atom. The van der Waals surface area contributed by atoms with Gasteiger partial charge < -0.3 is 9.64 Å². The van der Waals surface area contributed by atoms with E-state index in [1.165, 1.54) is 4.90 Å². The second-order valence-electron chi connectivity index (χ2n) is 11.6. The molecule has 3 aromatic rings. The molecule has 5 rings (SSSR count). The lowest BCUT2D eigenvalue weighted by Gasteiger charge is -2.33. The van der Waals surface area contributed by atoms with Crippen LogP contribution in [-0.4, -0.2) is 38.9 Å². The van der Waals surface area contributed by atoms with Crippen LogP contribution in [0.4, 0.5) is 42.8 Å². The zero-order chi connectivity index (χ0) is 30.4. The van der Waals surface area contributed by atoms with E-state index in [1.54, 1.807) is 25.7 Å². The van der Waals surface area contributed by atoms with Crippen molar-refractivity contribution < 1.29 is 35.9 Å². The van der Waals surface area contributed by atoms with Crippen molar-refractivity contribution >= 4 is 17.7 Å². The number of rotatable bonds is 4. The van der Waals surface area contributed by atoms with Gasteiger partial charge in [-0.3, -0.25) is 4.90 Å². The van der Waals surface area contributed by atoms with Crippen molar-refractivity contribution in [2.24, 2.45) is 0 Å². The summed E-state index contributed by atoms with van der Waals surface area (Å²) in [7, 11) is 0. The number of benzene rings is 2. The number of carbonyl (C=O) groups excluding carboxylic acids is 1. The molecule has 1 N–H and O–H groups in total. The van der Waals surface area contributed by atoms with E-state index in [9.17, 15) is 31.1 Å². The largest absolute Gasteiger partial charge is 0.443 e. The predicted molar refractivity (Wildman–Crippen MR) is 141 cm³/mol. The minimum absolute atomic E-state index is 0.00290. The van der Waals surface area contributed by atoms with Gasteiger partial charge in [0.2, 0.25) is 0 Å².